The Morgan fingerprint density at radius 2 is 1.38 bits per heavy atom. The highest BCUT2D eigenvalue weighted by Gasteiger charge is 2.34. The third-order valence-electron chi connectivity index (χ3n) is 4.77. The Morgan fingerprint density at radius 1 is 0.923 bits per heavy atom. The van der Waals surface area contributed by atoms with Crippen LogP contribution >= 0.6 is 0 Å². The van der Waals surface area contributed by atoms with Crippen molar-refractivity contribution in [1.82, 2.24) is 20.0 Å². The summed E-state index contributed by atoms with van der Waals surface area (Å²) in [6.07, 6.45) is -5.86. The molecule has 0 radical (unpaired) electrons. The minimum atomic E-state index is -4.46. The molecule has 1 amide bonds. The van der Waals surface area contributed by atoms with Gasteiger partial charge in [-0.05, 0) is 19.2 Å². The number of piperazine rings is 2. The highest BCUT2D eigenvalue weighted by molar-refractivity contribution is 5.77. The van der Waals surface area contributed by atoms with Gasteiger partial charge in [0.2, 0.25) is 5.91 Å². The zero-order valence-electron chi connectivity index (χ0n) is 14.7. The van der Waals surface area contributed by atoms with Crippen molar-refractivity contribution < 1.29 is 18.0 Å². The molecule has 0 aliphatic carbocycles. The number of rotatable bonds is 3. The molecule has 7 nitrogen and oxygen atoms in total. The van der Waals surface area contributed by atoms with Crippen molar-refractivity contribution in [2.24, 2.45) is 0 Å². The van der Waals surface area contributed by atoms with E-state index in [0.717, 1.165) is 32.0 Å². The van der Waals surface area contributed by atoms with Gasteiger partial charge in [0, 0.05) is 52.4 Å². The van der Waals surface area contributed by atoms with E-state index in [1.165, 1.54) is 4.90 Å². The third kappa shape index (κ3) is 4.75. The van der Waals surface area contributed by atoms with Crippen LogP contribution in [0.2, 0.25) is 0 Å². The summed E-state index contributed by atoms with van der Waals surface area (Å²) in [6.45, 7) is 5.20. The Morgan fingerprint density at radius 3 is 1.81 bits per heavy atom. The second-order valence-electron chi connectivity index (χ2n) is 6.70. The average Bonchev–Trinajstić information content (AvgIpc) is 2.61. The SMILES string of the molecule is CN1CCN(c2ccc(N3CCN(C(=O)CC(F)(F)F)CC3)nn2)CC1. The van der Waals surface area contributed by atoms with E-state index in [4.69, 9.17) is 0 Å². The van der Waals surface area contributed by atoms with Crippen LogP contribution in [0.1, 0.15) is 6.42 Å². The Bertz CT molecular complexity index is 607. The summed E-state index contributed by atoms with van der Waals surface area (Å²) in [5.41, 5.74) is 0. The molecule has 0 spiro atoms. The molecule has 2 saturated heterocycles. The van der Waals surface area contributed by atoms with Crippen molar-refractivity contribution in [3.05, 3.63) is 12.1 Å². The molecule has 10 heteroatoms. The monoisotopic (exact) mass is 372 g/mol. The summed E-state index contributed by atoms with van der Waals surface area (Å²) in [5, 5.41) is 8.55. The Balaban J connectivity index is 1.52. The van der Waals surface area contributed by atoms with Crippen LogP contribution in [0.5, 0.6) is 0 Å². The van der Waals surface area contributed by atoms with Gasteiger partial charge in [-0.1, -0.05) is 0 Å². The smallest absolute Gasteiger partial charge is 0.353 e. The number of halogens is 3. The number of hydrogen-bond donors (Lipinski definition) is 0. The van der Waals surface area contributed by atoms with Crippen LogP contribution in [0.15, 0.2) is 12.1 Å². The molecule has 0 saturated carbocycles. The van der Waals surface area contributed by atoms with Crippen LogP contribution in [-0.2, 0) is 4.79 Å². The lowest BCUT2D eigenvalue weighted by Crippen LogP contribution is -2.49. The molecule has 2 fully saturated rings. The number of nitrogens with zero attached hydrogens (tertiary/aromatic N) is 6. The summed E-state index contributed by atoms with van der Waals surface area (Å²) in [5.74, 6) is 0.653. The number of alkyl halides is 3. The number of aromatic nitrogens is 2. The number of hydrogen-bond acceptors (Lipinski definition) is 6. The van der Waals surface area contributed by atoms with Crippen LogP contribution in [0.3, 0.4) is 0 Å². The van der Waals surface area contributed by atoms with Crippen molar-refractivity contribution in [3.8, 4) is 0 Å². The van der Waals surface area contributed by atoms with E-state index in [-0.39, 0.29) is 13.1 Å². The quantitative estimate of drug-likeness (QED) is 0.784. The normalized spacial score (nSPS) is 19.8. The van der Waals surface area contributed by atoms with Crippen molar-refractivity contribution in [3.63, 3.8) is 0 Å². The topological polar surface area (TPSA) is 55.8 Å². The lowest BCUT2D eigenvalue weighted by molar-refractivity contribution is -0.161. The summed E-state index contributed by atoms with van der Waals surface area (Å²) in [6, 6.07) is 3.81. The predicted molar refractivity (Wildman–Crippen MR) is 91.2 cm³/mol. The molecule has 0 N–H and O–H groups in total. The molecule has 1 aromatic rings. The van der Waals surface area contributed by atoms with E-state index in [1.54, 1.807) is 0 Å². The van der Waals surface area contributed by atoms with Gasteiger partial charge in [0.05, 0.1) is 0 Å². The fourth-order valence-electron chi connectivity index (χ4n) is 3.16. The molecule has 0 atom stereocenters. The van der Waals surface area contributed by atoms with E-state index in [0.29, 0.717) is 18.9 Å². The van der Waals surface area contributed by atoms with Gasteiger partial charge in [0.25, 0.3) is 0 Å². The van der Waals surface area contributed by atoms with Gasteiger partial charge in [-0.2, -0.15) is 13.2 Å². The first-order chi connectivity index (χ1) is 12.3. The van der Waals surface area contributed by atoms with E-state index >= 15 is 0 Å². The second-order valence-corrected chi connectivity index (χ2v) is 6.70. The van der Waals surface area contributed by atoms with Crippen LogP contribution in [0.4, 0.5) is 24.8 Å². The molecule has 2 aliphatic rings. The van der Waals surface area contributed by atoms with Crippen LogP contribution in [0, 0.1) is 0 Å². The lowest BCUT2D eigenvalue weighted by atomic mass is 10.2. The van der Waals surface area contributed by atoms with Gasteiger partial charge in [-0.25, -0.2) is 0 Å². The first-order valence-electron chi connectivity index (χ1n) is 8.68. The van der Waals surface area contributed by atoms with Gasteiger partial charge in [-0.15, -0.1) is 10.2 Å². The standard InChI is InChI=1S/C16H23F3N6O/c1-22-4-6-23(7-5-22)13-2-3-14(21-20-13)24-8-10-25(11-9-24)15(26)12-16(17,18)19/h2-3H,4-12H2,1H3. The largest absolute Gasteiger partial charge is 0.397 e. The van der Waals surface area contributed by atoms with Crippen molar-refractivity contribution >= 4 is 17.5 Å². The summed E-state index contributed by atoms with van der Waals surface area (Å²) >= 11 is 0. The second kappa shape index (κ2) is 7.65. The zero-order chi connectivity index (χ0) is 18.7. The highest BCUT2D eigenvalue weighted by atomic mass is 19.4. The Labute approximate surface area is 150 Å². The fraction of sp³-hybridized carbons (Fsp3) is 0.688. The maximum Gasteiger partial charge on any atom is 0.397 e. The van der Waals surface area contributed by atoms with Crippen molar-refractivity contribution in [2.75, 3.05) is 69.2 Å². The molecule has 1 aromatic heterocycles. The number of carbonyl (C=O) groups is 1. The Hall–Kier alpha value is -2.10. The van der Waals surface area contributed by atoms with E-state index < -0.39 is 18.5 Å². The minimum Gasteiger partial charge on any atom is -0.353 e. The maximum absolute atomic E-state index is 12.3. The minimum absolute atomic E-state index is 0.261. The number of likely N-dealkylation sites (N-methyl/N-ethyl adjacent to an activating group) is 1. The number of amides is 1. The third-order valence-corrected chi connectivity index (χ3v) is 4.77. The molecule has 3 rings (SSSR count). The molecule has 2 aliphatic heterocycles. The molecule has 26 heavy (non-hydrogen) atoms. The molecular weight excluding hydrogens is 349 g/mol. The molecule has 144 valence electrons. The molecule has 0 aromatic carbocycles. The van der Waals surface area contributed by atoms with Gasteiger partial charge in [0.1, 0.15) is 6.42 Å². The lowest BCUT2D eigenvalue weighted by Gasteiger charge is -2.36. The van der Waals surface area contributed by atoms with Crippen molar-refractivity contribution in [1.29, 1.82) is 0 Å². The van der Waals surface area contributed by atoms with Crippen LogP contribution < -0.4 is 9.80 Å². The van der Waals surface area contributed by atoms with Crippen LogP contribution in [0.25, 0.3) is 0 Å². The molecule has 0 bridgehead atoms. The van der Waals surface area contributed by atoms with Gasteiger partial charge in [-0.3, -0.25) is 4.79 Å². The fourth-order valence-corrected chi connectivity index (χ4v) is 3.16. The number of carbonyl (C=O) groups excluding carboxylic acids is 1. The average molecular weight is 372 g/mol. The summed E-state index contributed by atoms with van der Waals surface area (Å²) in [4.78, 5) is 19.3. The van der Waals surface area contributed by atoms with Gasteiger partial charge in [0.15, 0.2) is 11.6 Å². The molecular formula is C16H23F3N6O. The van der Waals surface area contributed by atoms with Crippen LogP contribution in [-0.4, -0.2) is 91.5 Å². The predicted octanol–water partition coefficient (Wildman–Crippen LogP) is 0.829. The van der Waals surface area contributed by atoms with Gasteiger partial charge < -0.3 is 19.6 Å². The Kier molecular flexibility index (Phi) is 5.49. The van der Waals surface area contributed by atoms with E-state index in [2.05, 4.69) is 27.0 Å². The number of anilines is 2. The zero-order valence-corrected chi connectivity index (χ0v) is 14.7. The highest BCUT2D eigenvalue weighted by Crippen LogP contribution is 2.22. The van der Waals surface area contributed by atoms with Crippen molar-refractivity contribution in [2.45, 2.75) is 12.6 Å². The summed E-state index contributed by atoms with van der Waals surface area (Å²) < 4.78 is 37.0. The maximum atomic E-state index is 12.3. The first-order valence-corrected chi connectivity index (χ1v) is 8.68. The molecule has 0 unspecified atom stereocenters. The first kappa shape index (κ1) is 18.7. The molecule has 3 heterocycles. The van der Waals surface area contributed by atoms with Gasteiger partial charge >= 0.3 is 6.18 Å². The van der Waals surface area contributed by atoms with E-state index in [9.17, 15) is 18.0 Å². The summed E-state index contributed by atoms with van der Waals surface area (Å²) in [7, 11) is 2.09. The van der Waals surface area contributed by atoms with E-state index in [1.807, 2.05) is 17.0 Å².